The van der Waals surface area contributed by atoms with Gasteiger partial charge in [-0.25, -0.2) is 0 Å². The van der Waals surface area contributed by atoms with E-state index in [1.54, 1.807) is 6.20 Å². The maximum atomic E-state index is 4.47. The zero-order chi connectivity index (χ0) is 18.5. The highest BCUT2D eigenvalue weighted by molar-refractivity contribution is 5.61. The van der Waals surface area contributed by atoms with Crippen LogP contribution in [0, 0.1) is 0 Å². The molecule has 0 aliphatic rings. The van der Waals surface area contributed by atoms with Gasteiger partial charge < -0.3 is 15.5 Å². The van der Waals surface area contributed by atoms with E-state index >= 15 is 0 Å². The summed E-state index contributed by atoms with van der Waals surface area (Å²) >= 11 is 0. The molecule has 0 aliphatic heterocycles. The molecule has 134 valence electrons. The Morgan fingerprint density at radius 1 is 0.846 bits per heavy atom. The van der Waals surface area contributed by atoms with Gasteiger partial charge in [-0.2, -0.15) is 10.1 Å². The summed E-state index contributed by atoms with van der Waals surface area (Å²) in [5.74, 6) is 1.60. The van der Waals surface area contributed by atoms with Crippen molar-refractivity contribution in [2.24, 2.45) is 0 Å². The van der Waals surface area contributed by atoms with Gasteiger partial charge >= 0.3 is 0 Å². The van der Waals surface area contributed by atoms with Crippen LogP contribution in [0.25, 0.3) is 0 Å². The summed E-state index contributed by atoms with van der Waals surface area (Å²) < 4.78 is 0. The van der Waals surface area contributed by atoms with Gasteiger partial charge in [0.15, 0.2) is 5.82 Å². The second kappa shape index (κ2) is 7.82. The van der Waals surface area contributed by atoms with Crippen molar-refractivity contribution in [3.05, 3.63) is 60.3 Å². The molecule has 0 radical (unpaired) electrons. The van der Waals surface area contributed by atoms with Crippen LogP contribution in [0.15, 0.2) is 54.7 Å². The van der Waals surface area contributed by atoms with Gasteiger partial charge in [0.25, 0.3) is 0 Å². The highest BCUT2D eigenvalue weighted by Crippen LogP contribution is 2.21. The first-order valence-electron chi connectivity index (χ1n) is 8.62. The zero-order valence-corrected chi connectivity index (χ0v) is 15.6. The highest BCUT2D eigenvalue weighted by atomic mass is 15.3. The highest BCUT2D eigenvalue weighted by Gasteiger charge is 2.04. The van der Waals surface area contributed by atoms with Crippen LogP contribution >= 0.6 is 0 Å². The van der Waals surface area contributed by atoms with Crippen molar-refractivity contribution < 1.29 is 0 Å². The normalized spacial score (nSPS) is 10.7. The molecule has 0 spiro atoms. The summed E-state index contributed by atoms with van der Waals surface area (Å²) in [4.78, 5) is 6.53. The standard InChI is InChI=1S/C20H24N6/c1-14(2)15-5-7-17(8-6-15)23-20-24-19(13-21-25-20)22-16-9-11-18(12-10-16)26(3)4/h5-14H,1-4H3,(H2,22,23,24,25). The molecule has 0 unspecified atom stereocenters. The van der Waals surface area contributed by atoms with Crippen molar-refractivity contribution >= 4 is 28.8 Å². The maximum Gasteiger partial charge on any atom is 0.249 e. The van der Waals surface area contributed by atoms with Crippen LogP contribution in [-0.4, -0.2) is 29.3 Å². The first kappa shape index (κ1) is 17.7. The van der Waals surface area contributed by atoms with Crippen molar-refractivity contribution in [1.82, 2.24) is 15.2 Å². The lowest BCUT2D eigenvalue weighted by Crippen LogP contribution is -2.08. The lowest BCUT2D eigenvalue weighted by molar-refractivity contribution is 0.867. The lowest BCUT2D eigenvalue weighted by atomic mass is 10.0. The summed E-state index contributed by atoms with van der Waals surface area (Å²) in [5.41, 5.74) is 4.32. The van der Waals surface area contributed by atoms with Crippen LogP contribution in [-0.2, 0) is 0 Å². The van der Waals surface area contributed by atoms with E-state index in [0.29, 0.717) is 17.7 Å². The van der Waals surface area contributed by atoms with Crippen LogP contribution in [0.1, 0.15) is 25.3 Å². The molecule has 0 bridgehead atoms. The van der Waals surface area contributed by atoms with Gasteiger partial charge in [-0.3, -0.25) is 0 Å². The molecule has 0 atom stereocenters. The Morgan fingerprint density at radius 2 is 1.46 bits per heavy atom. The molecule has 2 aromatic carbocycles. The molecule has 6 heteroatoms. The van der Waals surface area contributed by atoms with Crippen molar-refractivity contribution in [1.29, 1.82) is 0 Å². The third-order valence-electron chi connectivity index (χ3n) is 4.05. The summed E-state index contributed by atoms with van der Waals surface area (Å²) in [6.07, 6.45) is 1.60. The molecule has 1 aromatic heterocycles. The fourth-order valence-corrected chi connectivity index (χ4v) is 2.49. The van der Waals surface area contributed by atoms with E-state index in [4.69, 9.17) is 0 Å². The second-order valence-electron chi connectivity index (χ2n) is 6.63. The molecule has 0 saturated heterocycles. The zero-order valence-electron chi connectivity index (χ0n) is 15.6. The molecule has 0 fully saturated rings. The van der Waals surface area contributed by atoms with Gasteiger partial charge in [0.05, 0.1) is 6.20 Å². The Balaban J connectivity index is 1.69. The van der Waals surface area contributed by atoms with E-state index in [2.05, 4.69) is 56.7 Å². The molecule has 3 rings (SSSR count). The van der Waals surface area contributed by atoms with Crippen LogP contribution in [0.4, 0.5) is 28.8 Å². The average molecular weight is 348 g/mol. The Hall–Kier alpha value is -3.15. The molecule has 1 heterocycles. The average Bonchev–Trinajstić information content (AvgIpc) is 2.63. The largest absolute Gasteiger partial charge is 0.378 e. The number of nitrogens with one attached hydrogen (secondary N) is 2. The number of rotatable bonds is 6. The molecule has 3 aromatic rings. The third-order valence-corrected chi connectivity index (χ3v) is 4.05. The molecular formula is C20H24N6. The number of aromatic nitrogens is 3. The minimum atomic E-state index is 0.456. The third kappa shape index (κ3) is 4.47. The van der Waals surface area contributed by atoms with E-state index in [0.717, 1.165) is 17.1 Å². The predicted molar refractivity (Wildman–Crippen MR) is 108 cm³/mol. The number of benzene rings is 2. The summed E-state index contributed by atoms with van der Waals surface area (Å²) in [5, 5.41) is 14.5. The second-order valence-corrected chi connectivity index (χ2v) is 6.63. The van der Waals surface area contributed by atoms with Crippen LogP contribution in [0.2, 0.25) is 0 Å². The van der Waals surface area contributed by atoms with Crippen molar-refractivity contribution in [3.63, 3.8) is 0 Å². The van der Waals surface area contributed by atoms with E-state index in [-0.39, 0.29) is 0 Å². The van der Waals surface area contributed by atoms with Crippen LogP contribution in [0.3, 0.4) is 0 Å². The molecule has 0 saturated carbocycles. The minimum absolute atomic E-state index is 0.456. The van der Waals surface area contributed by atoms with Crippen LogP contribution < -0.4 is 15.5 Å². The maximum absolute atomic E-state index is 4.47. The van der Waals surface area contributed by atoms with Gasteiger partial charge in [0.2, 0.25) is 5.95 Å². The molecule has 0 amide bonds. The molecular weight excluding hydrogens is 324 g/mol. The van der Waals surface area contributed by atoms with Gasteiger partial charge in [-0.1, -0.05) is 26.0 Å². The van der Waals surface area contributed by atoms with Crippen molar-refractivity contribution in [2.75, 3.05) is 29.6 Å². The Labute approximate surface area is 154 Å². The Kier molecular flexibility index (Phi) is 5.31. The van der Waals surface area contributed by atoms with E-state index in [1.807, 2.05) is 50.5 Å². The van der Waals surface area contributed by atoms with Gasteiger partial charge in [-0.15, -0.1) is 5.10 Å². The summed E-state index contributed by atoms with van der Waals surface area (Å²) in [7, 11) is 4.03. The quantitative estimate of drug-likeness (QED) is 0.681. The topological polar surface area (TPSA) is 66.0 Å². The minimum Gasteiger partial charge on any atom is -0.378 e. The lowest BCUT2D eigenvalue weighted by Gasteiger charge is -2.13. The molecule has 26 heavy (non-hydrogen) atoms. The molecule has 2 N–H and O–H groups in total. The first-order valence-corrected chi connectivity index (χ1v) is 8.62. The van der Waals surface area contributed by atoms with Crippen molar-refractivity contribution in [3.8, 4) is 0 Å². The number of nitrogens with zero attached hydrogens (tertiary/aromatic N) is 4. The Bertz CT molecular complexity index is 772. The van der Waals surface area contributed by atoms with Crippen LogP contribution in [0.5, 0.6) is 0 Å². The first-order chi connectivity index (χ1) is 12.5. The predicted octanol–water partition coefficient (Wildman–Crippen LogP) is 4.55. The smallest absolute Gasteiger partial charge is 0.249 e. The SMILES string of the molecule is CC(C)c1ccc(Nc2nncc(Nc3ccc(N(C)C)cc3)n2)cc1. The monoisotopic (exact) mass is 348 g/mol. The summed E-state index contributed by atoms with van der Waals surface area (Å²) in [6, 6.07) is 16.4. The number of hydrogen-bond acceptors (Lipinski definition) is 6. The molecule has 6 nitrogen and oxygen atoms in total. The number of anilines is 5. The van der Waals surface area contributed by atoms with Gasteiger partial charge in [0.1, 0.15) is 0 Å². The van der Waals surface area contributed by atoms with Crippen molar-refractivity contribution in [2.45, 2.75) is 19.8 Å². The molecule has 0 aliphatic carbocycles. The fraction of sp³-hybridized carbons (Fsp3) is 0.250. The number of hydrogen-bond donors (Lipinski definition) is 2. The van der Waals surface area contributed by atoms with E-state index < -0.39 is 0 Å². The van der Waals surface area contributed by atoms with E-state index in [9.17, 15) is 0 Å². The van der Waals surface area contributed by atoms with Gasteiger partial charge in [-0.05, 0) is 47.9 Å². The Morgan fingerprint density at radius 3 is 2.08 bits per heavy atom. The van der Waals surface area contributed by atoms with Gasteiger partial charge in [0, 0.05) is 31.2 Å². The van der Waals surface area contributed by atoms with E-state index in [1.165, 1.54) is 5.56 Å². The fourth-order valence-electron chi connectivity index (χ4n) is 2.49. The summed E-state index contributed by atoms with van der Waals surface area (Å²) in [6.45, 7) is 4.35.